The molecule has 0 aromatic heterocycles. The van der Waals surface area contributed by atoms with Gasteiger partial charge in [0.15, 0.2) is 25.0 Å². The van der Waals surface area contributed by atoms with E-state index in [1.54, 1.807) is 0 Å². The number of hydrogen-bond acceptors (Lipinski definition) is 5. The van der Waals surface area contributed by atoms with Gasteiger partial charge in [0.05, 0.1) is 18.3 Å². The molecule has 0 spiro atoms. The molecule has 0 aromatic carbocycles. The molecular formula is C32H68O5Si4. The number of hydrogen-bond donors (Lipinski definition) is 0. The highest BCUT2D eigenvalue weighted by atomic mass is 28.4. The highest BCUT2D eigenvalue weighted by Gasteiger charge is 2.45. The third kappa shape index (κ3) is 19.1. The van der Waals surface area contributed by atoms with Gasteiger partial charge in [-0.25, -0.2) is 0 Å². The summed E-state index contributed by atoms with van der Waals surface area (Å²) in [5, 5.41) is 0. The minimum atomic E-state index is -1.79. The number of rotatable bonds is 20. The van der Waals surface area contributed by atoms with Crippen LogP contribution >= 0.6 is 0 Å². The molecule has 0 aliphatic heterocycles. The van der Waals surface area contributed by atoms with Crippen LogP contribution in [0.25, 0.3) is 0 Å². The Hall–Kier alpha value is -0.0425. The Labute approximate surface area is 259 Å². The third-order valence-electron chi connectivity index (χ3n) is 7.11. The lowest BCUT2D eigenvalue weighted by molar-refractivity contribution is -0.135. The van der Waals surface area contributed by atoms with Crippen LogP contribution in [0.4, 0.5) is 0 Å². The SMILES string of the molecule is CCCCCC(C=CC1C(O[Si](C)(C)C)CC(O[Si](C)(C)C)C1CCCCCCC(=O)O[Si](C)(C)C)O[Si](C)(C)C. The number of unbranched alkanes of at least 4 members (excludes halogenated alkanes) is 5. The van der Waals surface area contributed by atoms with Gasteiger partial charge >= 0.3 is 0 Å². The second kappa shape index (κ2) is 17.4. The standard InChI is InChI=1S/C32H68O5Si4/c1-14-15-18-21-27(34-38(2,3)4)24-25-29-28(22-19-16-17-20-23-32(33)37-41(11,12)13)30(35-39(5,6)7)26-31(29)36-40(8,9)10/h24-25,27-31H,14-23,26H2,1-13H3. The van der Waals surface area contributed by atoms with Crippen molar-refractivity contribution >= 4 is 39.2 Å². The smallest absolute Gasteiger partial charge is 0.292 e. The Kier molecular flexibility index (Phi) is 16.6. The molecule has 41 heavy (non-hydrogen) atoms. The summed E-state index contributed by atoms with van der Waals surface area (Å²) in [6.07, 6.45) is 17.3. The van der Waals surface area contributed by atoms with E-state index < -0.39 is 33.3 Å². The van der Waals surface area contributed by atoms with Gasteiger partial charge in [0.25, 0.3) is 5.97 Å². The van der Waals surface area contributed by atoms with E-state index >= 15 is 0 Å². The van der Waals surface area contributed by atoms with Gasteiger partial charge in [0.1, 0.15) is 0 Å². The van der Waals surface area contributed by atoms with Crippen molar-refractivity contribution in [2.45, 2.75) is 174 Å². The first-order valence-corrected chi connectivity index (χ1v) is 30.3. The first-order chi connectivity index (χ1) is 18.7. The van der Waals surface area contributed by atoms with E-state index in [0.29, 0.717) is 18.3 Å². The molecule has 0 radical (unpaired) electrons. The summed E-state index contributed by atoms with van der Waals surface area (Å²) in [5.41, 5.74) is 0. The van der Waals surface area contributed by atoms with Crippen molar-refractivity contribution < 1.29 is 22.5 Å². The molecule has 0 heterocycles. The molecule has 1 rings (SSSR count). The van der Waals surface area contributed by atoms with Crippen molar-refractivity contribution in [3.8, 4) is 0 Å². The Morgan fingerprint density at radius 3 is 1.85 bits per heavy atom. The molecule has 5 nitrogen and oxygen atoms in total. The maximum Gasteiger partial charge on any atom is 0.292 e. The first-order valence-electron chi connectivity index (χ1n) is 16.6. The molecule has 9 heteroatoms. The quantitative estimate of drug-likeness (QED) is 0.0750. The van der Waals surface area contributed by atoms with E-state index in [4.69, 9.17) is 17.7 Å². The van der Waals surface area contributed by atoms with E-state index in [-0.39, 0.29) is 24.3 Å². The minimum Gasteiger partial charge on any atom is -0.520 e. The fraction of sp³-hybridized carbons (Fsp3) is 0.906. The molecule has 1 aliphatic rings. The van der Waals surface area contributed by atoms with E-state index in [1.165, 1.54) is 19.3 Å². The van der Waals surface area contributed by atoms with Gasteiger partial charge in [0.2, 0.25) is 8.32 Å². The number of carbonyl (C=O) groups excluding carboxylic acids is 1. The van der Waals surface area contributed by atoms with Gasteiger partial charge in [-0.1, -0.05) is 57.6 Å². The lowest BCUT2D eigenvalue weighted by Crippen LogP contribution is -2.35. The van der Waals surface area contributed by atoms with E-state index in [0.717, 1.165) is 44.9 Å². The summed E-state index contributed by atoms with van der Waals surface area (Å²) in [4.78, 5) is 12.1. The molecule has 242 valence electrons. The third-order valence-corrected chi connectivity index (χ3v) is 11.0. The molecule has 0 N–H and O–H groups in total. The lowest BCUT2D eigenvalue weighted by Gasteiger charge is -2.31. The van der Waals surface area contributed by atoms with Crippen LogP contribution in [0, 0.1) is 11.8 Å². The lowest BCUT2D eigenvalue weighted by atomic mass is 9.87. The van der Waals surface area contributed by atoms with E-state index in [9.17, 15) is 4.79 Å². The van der Waals surface area contributed by atoms with Gasteiger partial charge in [-0.15, -0.1) is 0 Å². The Morgan fingerprint density at radius 2 is 1.32 bits per heavy atom. The molecule has 0 saturated heterocycles. The van der Waals surface area contributed by atoms with Gasteiger partial charge in [0, 0.05) is 12.3 Å². The monoisotopic (exact) mass is 644 g/mol. The number of carbonyl (C=O) groups is 1. The van der Waals surface area contributed by atoms with Crippen molar-refractivity contribution in [3.63, 3.8) is 0 Å². The fourth-order valence-corrected chi connectivity index (χ4v) is 10.0. The molecule has 1 saturated carbocycles. The Bertz CT molecular complexity index is 777. The van der Waals surface area contributed by atoms with Crippen molar-refractivity contribution in [3.05, 3.63) is 12.2 Å². The van der Waals surface area contributed by atoms with Crippen molar-refractivity contribution in [1.29, 1.82) is 0 Å². The molecule has 1 fully saturated rings. The second-order valence-electron chi connectivity index (χ2n) is 16.2. The predicted molar refractivity (Wildman–Crippen MR) is 187 cm³/mol. The van der Waals surface area contributed by atoms with Crippen LogP contribution in [0.2, 0.25) is 78.6 Å². The molecule has 0 aromatic rings. The highest BCUT2D eigenvalue weighted by Crippen LogP contribution is 2.43. The largest absolute Gasteiger partial charge is 0.520 e. The minimum absolute atomic E-state index is 0.0193. The molecular weight excluding hydrogens is 577 g/mol. The van der Waals surface area contributed by atoms with E-state index in [1.807, 2.05) is 0 Å². The summed E-state index contributed by atoms with van der Waals surface area (Å²) >= 11 is 0. The first kappa shape index (κ1) is 39.0. The Morgan fingerprint density at radius 1 is 0.732 bits per heavy atom. The fourth-order valence-electron chi connectivity index (χ4n) is 5.79. The maximum atomic E-state index is 12.1. The molecule has 5 unspecified atom stereocenters. The van der Waals surface area contributed by atoms with Crippen molar-refractivity contribution in [2.24, 2.45) is 11.8 Å². The zero-order chi connectivity index (χ0) is 31.5. The zero-order valence-electron chi connectivity index (χ0n) is 29.4. The predicted octanol–water partition coefficient (Wildman–Crippen LogP) is 10.1. The van der Waals surface area contributed by atoms with Crippen LogP contribution < -0.4 is 0 Å². The van der Waals surface area contributed by atoms with Crippen LogP contribution in [0.1, 0.15) is 77.6 Å². The summed E-state index contributed by atoms with van der Waals surface area (Å²) in [6.45, 7) is 29.2. The van der Waals surface area contributed by atoms with Crippen LogP contribution in [0.3, 0.4) is 0 Å². The van der Waals surface area contributed by atoms with Crippen LogP contribution in [-0.4, -0.2) is 57.6 Å². The highest BCUT2D eigenvalue weighted by molar-refractivity contribution is 6.71. The molecule has 1 aliphatic carbocycles. The van der Waals surface area contributed by atoms with Crippen molar-refractivity contribution in [2.75, 3.05) is 0 Å². The normalized spacial score (nSPS) is 23.3. The Balaban J connectivity index is 3.04. The zero-order valence-corrected chi connectivity index (χ0v) is 33.4. The summed E-state index contributed by atoms with van der Waals surface area (Å²) in [6, 6.07) is 0. The average molecular weight is 645 g/mol. The second-order valence-corrected chi connectivity index (χ2v) is 34.0. The van der Waals surface area contributed by atoms with E-state index in [2.05, 4.69) is 97.6 Å². The van der Waals surface area contributed by atoms with Crippen LogP contribution in [0.15, 0.2) is 12.2 Å². The van der Waals surface area contributed by atoms with Crippen molar-refractivity contribution in [1.82, 2.24) is 0 Å². The molecule has 0 bridgehead atoms. The average Bonchev–Trinajstić information content (AvgIpc) is 3.04. The molecule has 0 amide bonds. The van der Waals surface area contributed by atoms with Gasteiger partial charge in [-0.3, -0.25) is 4.79 Å². The maximum absolute atomic E-state index is 12.1. The van der Waals surface area contributed by atoms with Gasteiger partial charge in [-0.2, -0.15) is 0 Å². The van der Waals surface area contributed by atoms with Gasteiger partial charge < -0.3 is 17.7 Å². The van der Waals surface area contributed by atoms with Crippen LogP contribution in [0.5, 0.6) is 0 Å². The summed E-state index contributed by atoms with van der Waals surface area (Å²) in [5.74, 6) is 0.794. The summed E-state index contributed by atoms with van der Waals surface area (Å²) in [7, 11) is -6.88. The molecule has 5 atom stereocenters. The summed E-state index contributed by atoms with van der Waals surface area (Å²) < 4.78 is 26.0. The topological polar surface area (TPSA) is 54.0 Å². The van der Waals surface area contributed by atoms with Crippen LogP contribution in [-0.2, 0) is 22.5 Å². The van der Waals surface area contributed by atoms with Gasteiger partial charge in [-0.05, 0) is 110 Å².